The monoisotopic (exact) mass is 238 g/mol. The Hall–Kier alpha value is -1.95. The number of hydrogen-bond acceptors (Lipinski definition) is 5. The van der Waals surface area contributed by atoms with Crippen LogP contribution in [-0.4, -0.2) is 15.2 Å². The van der Waals surface area contributed by atoms with Crippen molar-refractivity contribution in [2.75, 3.05) is 0 Å². The molecule has 90 valence electrons. The second kappa shape index (κ2) is 4.92. The van der Waals surface area contributed by atoms with Gasteiger partial charge in [-0.2, -0.15) is 4.98 Å². The van der Waals surface area contributed by atoms with Crippen molar-refractivity contribution in [3.05, 3.63) is 41.8 Å². The van der Waals surface area contributed by atoms with Crippen molar-refractivity contribution in [3.8, 4) is 5.75 Å². The molecule has 0 aliphatic carbocycles. The van der Waals surface area contributed by atoms with Gasteiger partial charge in [-0.05, 0) is 19.1 Å². The highest BCUT2D eigenvalue weighted by atomic mass is 19.1. The first-order valence-electron chi connectivity index (χ1n) is 5.02. The number of nitrogens with zero attached hydrogens (tertiary/aromatic N) is 2. The Kier molecular flexibility index (Phi) is 3.34. The number of halogens is 1. The Labute approximate surface area is 96.8 Å². The Balaban J connectivity index is 2.05. The molecule has 1 N–H and O–H groups in total. The molecule has 2 rings (SSSR count). The molecular weight excluding hydrogens is 227 g/mol. The third-order valence-electron chi connectivity index (χ3n) is 2.20. The first-order chi connectivity index (χ1) is 8.16. The molecule has 0 saturated carbocycles. The van der Waals surface area contributed by atoms with Crippen molar-refractivity contribution in [1.82, 2.24) is 10.1 Å². The van der Waals surface area contributed by atoms with E-state index in [-0.39, 0.29) is 12.2 Å². The summed E-state index contributed by atoms with van der Waals surface area (Å²) < 4.78 is 23.3. The number of aliphatic hydroxyl groups is 1. The summed E-state index contributed by atoms with van der Waals surface area (Å²) in [5.41, 5.74) is 0.233. The van der Waals surface area contributed by atoms with Gasteiger partial charge in [0.05, 0.1) is 6.10 Å². The minimum Gasteiger partial charge on any atom is -0.485 e. The average Bonchev–Trinajstić information content (AvgIpc) is 2.78. The van der Waals surface area contributed by atoms with E-state index in [9.17, 15) is 9.50 Å². The lowest BCUT2D eigenvalue weighted by Crippen LogP contribution is -2.00. The Morgan fingerprint density at radius 1 is 1.53 bits per heavy atom. The highest BCUT2D eigenvalue weighted by molar-refractivity contribution is 5.30. The van der Waals surface area contributed by atoms with E-state index in [0.717, 1.165) is 0 Å². The smallest absolute Gasteiger partial charge is 0.213 e. The molecule has 1 aromatic carbocycles. The largest absolute Gasteiger partial charge is 0.485 e. The number of hydrogen-bond donors (Lipinski definition) is 1. The lowest BCUT2D eigenvalue weighted by molar-refractivity contribution is 0.193. The Morgan fingerprint density at radius 3 is 2.94 bits per heavy atom. The van der Waals surface area contributed by atoms with Crippen molar-refractivity contribution in [2.45, 2.75) is 19.6 Å². The van der Waals surface area contributed by atoms with Gasteiger partial charge < -0.3 is 14.4 Å². The van der Waals surface area contributed by atoms with Crippen LogP contribution >= 0.6 is 0 Å². The minimum absolute atomic E-state index is 0.101. The van der Waals surface area contributed by atoms with E-state index in [1.807, 2.05) is 0 Å². The van der Waals surface area contributed by atoms with Crippen LogP contribution in [0.3, 0.4) is 0 Å². The van der Waals surface area contributed by atoms with Crippen LogP contribution in [0.25, 0.3) is 0 Å². The van der Waals surface area contributed by atoms with Crippen LogP contribution in [0, 0.1) is 5.82 Å². The van der Waals surface area contributed by atoms with Gasteiger partial charge in [-0.1, -0.05) is 5.16 Å². The lowest BCUT2D eigenvalue weighted by Gasteiger charge is -2.08. The van der Waals surface area contributed by atoms with Crippen molar-refractivity contribution in [2.24, 2.45) is 0 Å². The molecule has 0 saturated heterocycles. The number of aromatic nitrogens is 2. The predicted octanol–water partition coefficient (Wildman–Crippen LogP) is 1.84. The van der Waals surface area contributed by atoms with Crippen LogP contribution < -0.4 is 4.74 Å². The van der Waals surface area contributed by atoms with Gasteiger partial charge in [0.15, 0.2) is 6.61 Å². The van der Waals surface area contributed by atoms with Crippen LogP contribution in [0.5, 0.6) is 5.75 Å². The molecule has 1 heterocycles. The summed E-state index contributed by atoms with van der Waals surface area (Å²) in [7, 11) is 0. The fourth-order valence-corrected chi connectivity index (χ4v) is 1.34. The first-order valence-corrected chi connectivity index (χ1v) is 5.02. The molecule has 0 unspecified atom stereocenters. The van der Waals surface area contributed by atoms with Gasteiger partial charge in [0.1, 0.15) is 11.6 Å². The van der Waals surface area contributed by atoms with Crippen molar-refractivity contribution >= 4 is 0 Å². The van der Waals surface area contributed by atoms with Crippen molar-refractivity contribution in [3.63, 3.8) is 0 Å². The number of benzene rings is 1. The molecular formula is C11H11FN2O3. The number of aliphatic hydroxyl groups excluding tert-OH is 1. The van der Waals surface area contributed by atoms with Crippen LogP contribution in [0.4, 0.5) is 4.39 Å². The summed E-state index contributed by atoms with van der Waals surface area (Å²) in [6.07, 6.45) is 0.344. The molecule has 17 heavy (non-hydrogen) atoms. The maximum absolute atomic E-state index is 13.5. The van der Waals surface area contributed by atoms with Gasteiger partial charge in [-0.3, -0.25) is 0 Å². The van der Waals surface area contributed by atoms with E-state index in [1.54, 1.807) is 6.07 Å². The fourth-order valence-electron chi connectivity index (χ4n) is 1.34. The van der Waals surface area contributed by atoms with Gasteiger partial charge in [-0.15, -0.1) is 0 Å². The van der Waals surface area contributed by atoms with E-state index in [1.165, 1.54) is 25.5 Å². The summed E-state index contributed by atoms with van der Waals surface area (Å²) >= 11 is 0. The second-order valence-corrected chi connectivity index (χ2v) is 3.50. The van der Waals surface area contributed by atoms with Crippen LogP contribution in [0.1, 0.15) is 24.4 Å². The molecule has 0 aliphatic heterocycles. The van der Waals surface area contributed by atoms with Crippen LogP contribution in [0.15, 0.2) is 29.1 Å². The first kappa shape index (κ1) is 11.5. The summed E-state index contributed by atoms with van der Waals surface area (Å²) in [4.78, 5) is 3.76. The summed E-state index contributed by atoms with van der Waals surface area (Å²) in [6.45, 7) is 1.60. The lowest BCUT2D eigenvalue weighted by atomic mass is 10.1. The maximum Gasteiger partial charge on any atom is 0.213 e. The molecule has 1 aromatic heterocycles. The van der Waals surface area contributed by atoms with E-state index in [2.05, 4.69) is 14.7 Å². The fraction of sp³-hybridized carbons (Fsp3) is 0.273. The van der Waals surface area contributed by atoms with Gasteiger partial charge >= 0.3 is 0 Å². The number of ether oxygens (including phenoxy) is 1. The molecule has 0 fully saturated rings. The molecule has 0 bridgehead atoms. The van der Waals surface area contributed by atoms with Crippen LogP contribution in [0.2, 0.25) is 0 Å². The molecule has 0 aliphatic rings. The topological polar surface area (TPSA) is 68.4 Å². The SMILES string of the molecule is C[C@H](O)c1ccc(OCc2ncon2)cc1F. The molecule has 0 amide bonds. The average molecular weight is 238 g/mol. The zero-order valence-electron chi connectivity index (χ0n) is 9.13. The third-order valence-corrected chi connectivity index (χ3v) is 2.20. The van der Waals surface area contributed by atoms with Gasteiger partial charge in [0.25, 0.3) is 0 Å². The van der Waals surface area contributed by atoms with E-state index in [4.69, 9.17) is 4.74 Å². The Bertz CT molecular complexity index is 485. The third kappa shape index (κ3) is 2.79. The van der Waals surface area contributed by atoms with Crippen molar-refractivity contribution in [1.29, 1.82) is 0 Å². The molecule has 5 nitrogen and oxygen atoms in total. The summed E-state index contributed by atoms with van der Waals surface area (Å²) in [5.74, 6) is 0.215. The van der Waals surface area contributed by atoms with Gasteiger partial charge in [0, 0.05) is 11.6 Å². The van der Waals surface area contributed by atoms with E-state index in [0.29, 0.717) is 11.6 Å². The predicted molar refractivity (Wildman–Crippen MR) is 55.7 cm³/mol. The van der Waals surface area contributed by atoms with E-state index >= 15 is 0 Å². The summed E-state index contributed by atoms with van der Waals surface area (Å²) in [6, 6.07) is 4.26. The molecule has 0 radical (unpaired) electrons. The van der Waals surface area contributed by atoms with Crippen molar-refractivity contribution < 1.29 is 18.8 Å². The highest BCUT2D eigenvalue weighted by Gasteiger charge is 2.09. The normalized spacial score (nSPS) is 12.4. The second-order valence-electron chi connectivity index (χ2n) is 3.50. The van der Waals surface area contributed by atoms with E-state index < -0.39 is 11.9 Å². The maximum atomic E-state index is 13.5. The number of rotatable bonds is 4. The standard InChI is InChI=1S/C11H11FN2O3/c1-7(15)9-3-2-8(4-10(9)12)16-5-11-13-6-17-14-11/h2-4,6-7,15H,5H2,1H3/t7-/m0/s1. The molecule has 6 heteroatoms. The zero-order valence-corrected chi connectivity index (χ0v) is 9.13. The molecule has 0 spiro atoms. The van der Waals surface area contributed by atoms with Gasteiger partial charge in [0.2, 0.25) is 12.2 Å². The molecule has 1 atom stereocenters. The van der Waals surface area contributed by atoms with Gasteiger partial charge in [-0.25, -0.2) is 4.39 Å². The highest BCUT2D eigenvalue weighted by Crippen LogP contribution is 2.22. The van der Waals surface area contributed by atoms with Crippen LogP contribution in [-0.2, 0) is 6.61 Å². The zero-order chi connectivity index (χ0) is 12.3. The molecule has 2 aromatic rings. The minimum atomic E-state index is -0.846. The quantitative estimate of drug-likeness (QED) is 0.880. The summed E-state index contributed by atoms with van der Waals surface area (Å²) in [5, 5.41) is 12.8. The Morgan fingerprint density at radius 2 is 2.35 bits per heavy atom.